The lowest BCUT2D eigenvalue weighted by atomic mass is 10.0. The minimum Gasteiger partial charge on any atom is -0.499 e. The minimum atomic E-state index is 0.152. The second kappa shape index (κ2) is 7.86. The summed E-state index contributed by atoms with van der Waals surface area (Å²) < 4.78 is 5.30. The molecule has 0 saturated heterocycles. The van der Waals surface area contributed by atoms with Crippen molar-refractivity contribution in [2.75, 3.05) is 20.7 Å². The quantitative estimate of drug-likeness (QED) is 0.520. The molecule has 0 bridgehead atoms. The van der Waals surface area contributed by atoms with Crippen molar-refractivity contribution < 1.29 is 4.74 Å². The minimum absolute atomic E-state index is 0.152. The highest BCUT2D eigenvalue weighted by Gasteiger charge is 2.18. The van der Waals surface area contributed by atoms with E-state index in [9.17, 15) is 0 Å². The van der Waals surface area contributed by atoms with Gasteiger partial charge in [-0.05, 0) is 31.1 Å². The van der Waals surface area contributed by atoms with Crippen molar-refractivity contribution >= 4 is 0 Å². The van der Waals surface area contributed by atoms with E-state index in [2.05, 4.69) is 30.0 Å². The van der Waals surface area contributed by atoms with Gasteiger partial charge in [-0.2, -0.15) is 0 Å². The van der Waals surface area contributed by atoms with Gasteiger partial charge in [-0.3, -0.25) is 0 Å². The van der Waals surface area contributed by atoms with Crippen molar-refractivity contribution in [3.05, 3.63) is 34.9 Å². The number of dihydropyridines is 1. The molecule has 19 heavy (non-hydrogen) atoms. The predicted molar refractivity (Wildman–Crippen MR) is 79.0 cm³/mol. The summed E-state index contributed by atoms with van der Waals surface area (Å²) in [6.07, 6.45) is 6.07. The number of methoxy groups -OCH3 is 1. The maximum atomic E-state index is 5.86. The summed E-state index contributed by atoms with van der Waals surface area (Å²) in [4.78, 5) is 0. The number of hydrazine groups is 1. The van der Waals surface area contributed by atoms with Crippen LogP contribution in [0.2, 0.25) is 0 Å². The maximum Gasteiger partial charge on any atom is 0.117 e. The predicted octanol–water partition coefficient (Wildman–Crippen LogP) is 1.13. The zero-order valence-electron chi connectivity index (χ0n) is 12.3. The average Bonchev–Trinajstić information content (AvgIpc) is 2.42. The van der Waals surface area contributed by atoms with Gasteiger partial charge in [0, 0.05) is 13.6 Å². The third-order valence-electron chi connectivity index (χ3n) is 3.12. The largest absolute Gasteiger partial charge is 0.499 e. The molecule has 0 saturated carbocycles. The summed E-state index contributed by atoms with van der Waals surface area (Å²) in [5.41, 5.74) is 15.3. The zero-order valence-corrected chi connectivity index (χ0v) is 12.3. The normalized spacial score (nSPS) is 19.9. The molecule has 5 heteroatoms. The summed E-state index contributed by atoms with van der Waals surface area (Å²) in [7, 11) is 3.54. The summed E-state index contributed by atoms with van der Waals surface area (Å²) in [5.74, 6) is 0.928. The summed E-state index contributed by atoms with van der Waals surface area (Å²) in [5, 5.41) is 3.43. The van der Waals surface area contributed by atoms with Crippen LogP contribution < -0.4 is 21.9 Å². The molecule has 0 radical (unpaired) electrons. The van der Waals surface area contributed by atoms with Crippen molar-refractivity contribution in [3.8, 4) is 0 Å². The Bertz CT molecular complexity index is 385. The van der Waals surface area contributed by atoms with Gasteiger partial charge in [0.05, 0.1) is 24.5 Å². The second-order valence-corrected chi connectivity index (χ2v) is 4.53. The Labute approximate surface area is 115 Å². The van der Waals surface area contributed by atoms with Gasteiger partial charge in [-0.25, -0.2) is 5.43 Å². The molecule has 0 aromatic heterocycles. The van der Waals surface area contributed by atoms with Crippen molar-refractivity contribution in [1.82, 2.24) is 16.2 Å². The van der Waals surface area contributed by atoms with Crippen molar-refractivity contribution in [2.45, 2.75) is 32.7 Å². The molecular formula is C14H26N4O. The fourth-order valence-electron chi connectivity index (χ4n) is 2.16. The van der Waals surface area contributed by atoms with Crippen LogP contribution in [0.3, 0.4) is 0 Å². The first-order chi connectivity index (χ1) is 9.17. The highest BCUT2D eigenvalue weighted by atomic mass is 16.5. The first-order valence-corrected chi connectivity index (χ1v) is 6.75. The topological polar surface area (TPSA) is 71.3 Å². The van der Waals surface area contributed by atoms with Crippen LogP contribution in [0.1, 0.15) is 26.7 Å². The smallest absolute Gasteiger partial charge is 0.117 e. The summed E-state index contributed by atoms with van der Waals surface area (Å²) >= 11 is 0. The number of ether oxygens (including phenoxy) is 1. The standard InChI is InChI=1S/C14H26N4O/c1-5-6-11(9-15)14(18-16-3)12-7-8-13(19-4)10(2)17-12/h7-8,10,16-18H,5-6,9,15H2,1-4H3/b14-11+. The van der Waals surface area contributed by atoms with E-state index in [0.29, 0.717) is 6.54 Å². The third-order valence-corrected chi connectivity index (χ3v) is 3.12. The Balaban J connectivity index is 3.06. The molecule has 1 atom stereocenters. The van der Waals surface area contributed by atoms with Crippen LogP contribution in [-0.4, -0.2) is 26.7 Å². The van der Waals surface area contributed by atoms with Crippen molar-refractivity contribution in [2.24, 2.45) is 5.73 Å². The number of hydrogen-bond acceptors (Lipinski definition) is 5. The SMILES string of the molecule is CCC/C(CN)=C(\NNC)C1=CC=C(OC)C(C)N1. The molecule has 5 nitrogen and oxygen atoms in total. The number of hydrogen-bond donors (Lipinski definition) is 4. The van der Waals surface area contributed by atoms with E-state index in [-0.39, 0.29) is 6.04 Å². The van der Waals surface area contributed by atoms with E-state index in [1.165, 1.54) is 5.57 Å². The molecule has 1 heterocycles. The Morgan fingerprint density at radius 3 is 2.68 bits per heavy atom. The first-order valence-electron chi connectivity index (χ1n) is 6.75. The van der Waals surface area contributed by atoms with E-state index in [0.717, 1.165) is 30.0 Å². The van der Waals surface area contributed by atoms with Gasteiger partial charge in [0.1, 0.15) is 5.76 Å². The molecular weight excluding hydrogens is 240 g/mol. The fraction of sp³-hybridized carbons (Fsp3) is 0.571. The van der Waals surface area contributed by atoms with Gasteiger partial charge in [0.2, 0.25) is 0 Å². The molecule has 1 aliphatic rings. The van der Waals surface area contributed by atoms with Gasteiger partial charge < -0.3 is 21.2 Å². The lowest BCUT2D eigenvalue weighted by Gasteiger charge is -2.26. The van der Waals surface area contributed by atoms with E-state index in [4.69, 9.17) is 10.5 Å². The summed E-state index contributed by atoms with van der Waals surface area (Å²) in [6, 6.07) is 0.152. The van der Waals surface area contributed by atoms with Gasteiger partial charge in [0.25, 0.3) is 0 Å². The van der Waals surface area contributed by atoms with Gasteiger partial charge in [-0.15, -0.1) is 0 Å². The highest BCUT2D eigenvalue weighted by molar-refractivity contribution is 5.39. The molecule has 1 aliphatic heterocycles. The first kappa shape index (κ1) is 15.6. The van der Waals surface area contributed by atoms with Crippen LogP contribution in [0.4, 0.5) is 0 Å². The number of nitrogens with one attached hydrogen (secondary N) is 3. The van der Waals surface area contributed by atoms with Crippen LogP contribution in [-0.2, 0) is 4.74 Å². The maximum absolute atomic E-state index is 5.86. The molecule has 0 aromatic rings. The number of rotatable bonds is 7. The lowest BCUT2D eigenvalue weighted by Crippen LogP contribution is -2.38. The number of nitrogens with two attached hydrogens (primary N) is 1. The van der Waals surface area contributed by atoms with Crippen molar-refractivity contribution in [3.63, 3.8) is 0 Å². The van der Waals surface area contributed by atoms with Crippen LogP contribution in [0, 0.1) is 0 Å². The van der Waals surface area contributed by atoms with E-state index in [1.54, 1.807) is 7.11 Å². The molecule has 0 aromatic carbocycles. The van der Waals surface area contributed by atoms with Crippen LogP contribution in [0.25, 0.3) is 0 Å². The Morgan fingerprint density at radius 2 is 2.21 bits per heavy atom. The number of allylic oxidation sites excluding steroid dienone is 2. The average molecular weight is 266 g/mol. The Kier molecular flexibility index (Phi) is 6.45. The van der Waals surface area contributed by atoms with E-state index in [1.807, 2.05) is 19.2 Å². The Morgan fingerprint density at radius 1 is 1.47 bits per heavy atom. The van der Waals surface area contributed by atoms with Crippen LogP contribution in [0.15, 0.2) is 34.9 Å². The van der Waals surface area contributed by atoms with E-state index >= 15 is 0 Å². The van der Waals surface area contributed by atoms with Crippen LogP contribution in [0.5, 0.6) is 0 Å². The summed E-state index contributed by atoms with van der Waals surface area (Å²) in [6.45, 7) is 4.77. The zero-order chi connectivity index (χ0) is 14.3. The molecule has 1 unspecified atom stereocenters. The monoisotopic (exact) mass is 266 g/mol. The fourth-order valence-corrected chi connectivity index (χ4v) is 2.16. The van der Waals surface area contributed by atoms with Crippen LogP contribution >= 0.6 is 0 Å². The Hall–Kier alpha value is -1.46. The second-order valence-electron chi connectivity index (χ2n) is 4.53. The van der Waals surface area contributed by atoms with Gasteiger partial charge >= 0.3 is 0 Å². The van der Waals surface area contributed by atoms with Crippen molar-refractivity contribution in [1.29, 1.82) is 0 Å². The van der Waals surface area contributed by atoms with E-state index < -0.39 is 0 Å². The molecule has 108 valence electrons. The lowest BCUT2D eigenvalue weighted by molar-refractivity contribution is 0.258. The molecule has 0 spiro atoms. The van der Waals surface area contributed by atoms with Gasteiger partial charge in [-0.1, -0.05) is 13.3 Å². The molecule has 5 N–H and O–H groups in total. The molecule has 0 fully saturated rings. The van der Waals surface area contributed by atoms with Gasteiger partial charge in [0.15, 0.2) is 0 Å². The highest BCUT2D eigenvalue weighted by Crippen LogP contribution is 2.19. The molecule has 0 aliphatic carbocycles. The third kappa shape index (κ3) is 4.01. The molecule has 1 rings (SSSR count). The molecule has 0 amide bonds.